The number of hydrogen-bond donors (Lipinski definition) is 4. The first-order chi connectivity index (χ1) is 9.68. The van der Waals surface area contributed by atoms with E-state index in [2.05, 4.69) is 0 Å². The molecule has 0 spiro atoms. The van der Waals surface area contributed by atoms with Crippen LogP contribution in [-0.4, -0.2) is 51.6 Å². The van der Waals surface area contributed by atoms with Gasteiger partial charge in [0.2, 0.25) is 0 Å². The van der Waals surface area contributed by atoms with E-state index in [0.717, 1.165) is 45.1 Å². The van der Waals surface area contributed by atoms with Crippen molar-refractivity contribution in [3.8, 4) is 0 Å². The molecule has 0 aromatic carbocycles. The molecule has 0 unspecified atom stereocenters. The summed E-state index contributed by atoms with van der Waals surface area (Å²) in [6.45, 7) is 4.35. The van der Waals surface area contributed by atoms with Crippen molar-refractivity contribution in [2.75, 3.05) is 46.1 Å². The average Bonchev–Trinajstić information content (AvgIpc) is 2.45. The van der Waals surface area contributed by atoms with Crippen LogP contribution >= 0.6 is 0 Å². The largest absolute Gasteiger partial charge is 0.379 e. The van der Waals surface area contributed by atoms with Crippen molar-refractivity contribution in [1.82, 2.24) is 0 Å². The van der Waals surface area contributed by atoms with Crippen LogP contribution in [0.3, 0.4) is 0 Å². The normalized spacial score (nSPS) is 12.0. The molecule has 0 heterocycles. The van der Waals surface area contributed by atoms with Gasteiger partial charge in [-0.3, -0.25) is 0 Å². The van der Waals surface area contributed by atoms with Gasteiger partial charge in [-0.05, 0) is 45.3 Å². The first-order valence-electron chi connectivity index (χ1n) is 7.73. The van der Waals surface area contributed by atoms with Gasteiger partial charge in [-0.1, -0.05) is 12.8 Å². The number of ether oxygens (including phenoxy) is 2. The molecule has 0 aliphatic rings. The third-order valence-corrected chi connectivity index (χ3v) is 3.14. The quantitative estimate of drug-likeness (QED) is 0.313. The van der Waals surface area contributed by atoms with Gasteiger partial charge in [0.25, 0.3) is 0 Å². The van der Waals surface area contributed by atoms with E-state index in [1.807, 2.05) is 0 Å². The summed E-state index contributed by atoms with van der Waals surface area (Å²) < 4.78 is 11.2. The van der Waals surface area contributed by atoms with Crippen LogP contribution in [0.2, 0.25) is 0 Å². The van der Waals surface area contributed by atoms with E-state index in [4.69, 9.17) is 32.4 Å². The fraction of sp³-hybridized carbons (Fsp3) is 1.00. The van der Waals surface area contributed by atoms with E-state index in [9.17, 15) is 0 Å². The Kier molecular flexibility index (Phi) is 13.6. The minimum Gasteiger partial charge on any atom is -0.379 e. The van der Waals surface area contributed by atoms with Gasteiger partial charge in [0.1, 0.15) is 0 Å². The molecule has 6 nitrogen and oxygen atoms in total. The molecule has 0 aromatic rings. The summed E-state index contributed by atoms with van der Waals surface area (Å²) in [5.41, 5.74) is 22.4. The second-order valence-electron chi connectivity index (χ2n) is 5.35. The van der Waals surface area contributed by atoms with E-state index in [1.54, 1.807) is 0 Å². The summed E-state index contributed by atoms with van der Waals surface area (Å²) in [6, 6.07) is 0. The minimum absolute atomic E-state index is 0.419. The van der Waals surface area contributed by atoms with Crippen LogP contribution in [0.4, 0.5) is 0 Å². The topological polar surface area (TPSA) is 123 Å². The molecule has 0 amide bonds. The highest BCUT2D eigenvalue weighted by atomic mass is 16.5. The molecular formula is C14H34N4O2. The molecule has 0 aromatic heterocycles. The van der Waals surface area contributed by atoms with Crippen molar-refractivity contribution in [1.29, 1.82) is 0 Å². The first kappa shape index (κ1) is 19.8. The zero-order valence-corrected chi connectivity index (χ0v) is 12.8. The Hall–Kier alpha value is -0.240. The summed E-state index contributed by atoms with van der Waals surface area (Å²) >= 11 is 0. The molecule has 0 bridgehead atoms. The molecule has 8 N–H and O–H groups in total. The van der Waals surface area contributed by atoms with E-state index in [1.165, 1.54) is 0 Å². The third-order valence-electron chi connectivity index (χ3n) is 3.14. The van der Waals surface area contributed by atoms with Gasteiger partial charge in [-0.25, -0.2) is 0 Å². The third kappa shape index (κ3) is 11.6. The van der Waals surface area contributed by atoms with E-state index >= 15 is 0 Å². The molecule has 0 aliphatic carbocycles. The van der Waals surface area contributed by atoms with Crippen LogP contribution in [0, 0.1) is 0 Å². The monoisotopic (exact) mass is 290 g/mol. The van der Waals surface area contributed by atoms with Gasteiger partial charge in [0.15, 0.2) is 0 Å². The van der Waals surface area contributed by atoms with Crippen LogP contribution in [0.25, 0.3) is 0 Å². The zero-order chi connectivity index (χ0) is 15.1. The first-order valence-corrected chi connectivity index (χ1v) is 7.73. The lowest BCUT2D eigenvalue weighted by atomic mass is 9.95. The van der Waals surface area contributed by atoms with Crippen molar-refractivity contribution in [3.63, 3.8) is 0 Å². The summed E-state index contributed by atoms with van der Waals surface area (Å²) in [5.74, 6) is 0. The molecule has 0 radical (unpaired) electrons. The minimum atomic E-state index is -0.419. The molecule has 0 saturated carbocycles. The summed E-state index contributed by atoms with van der Waals surface area (Å²) in [5, 5.41) is 0. The molecule has 0 fully saturated rings. The molecule has 0 rings (SSSR count). The van der Waals surface area contributed by atoms with Crippen LogP contribution in [0.15, 0.2) is 0 Å². The van der Waals surface area contributed by atoms with Gasteiger partial charge in [-0.2, -0.15) is 0 Å². The Morgan fingerprint density at radius 3 is 1.60 bits per heavy atom. The molecule has 6 heteroatoms. The van der Waals surface area contributed by atoms with Crippen LogP contribution in [-0.2, 0) is 9.47 Å². The predicted octanol–water partition coefficient (Wildman–Crippen LogP) is -0.0662. The Morgan fingerprint density at radius 2 is 1.15 bits per heavy atom. The number of rotatable bonds is 15. The average molecular weight is 290 g/mol. The van der Waals surface area contributed by atoms with Crippen LogP contribution < -0.4 is 22.9 Å². The van der Waals surface area contributed by atoms with Gasteiger partial charge >= 0.3 is 0 Å². The second kappa shape index (κ2) is 13.7. The maximum absolute atomic E-state index is 6.40. The van der Waals surface area contributed by atoms with Crippen molar-refractivity contribution >= 4 is 0 Å². The maximum Gasteiger partial charge on any atom is 0.0668 e. The molecule has 0 saturated heterocycles. The van der Waals surface area contributed by atoms with E-state index < -0.39 is 5.54 Å². The Bertz CT molecular complexity index is 174. The van der Waals surface area contributed by atoms with Crippen molar-refractivity contribution in [2.24, 2.45) is 22.9 Å². The lowest BCUT2D eigenvalue weighted by Crippen LogP contribution is -2.49. The molecular weight excluding hydrogens is 256 g/mol. The molecule has 20 heavy (non-hydrogen) atoms. The smallest absolute Gasteiger partial charge is 0.0668 e. The molecule has 122 valence electrons. The Labute approximate surface area is 123 Å². The molecule has 0 aliphatic heterocycles. The fourth-order valence-corrected chi connectivity index (χ4v) is 1.91. The second-order valence-corrected chi connectivity index (χ2v) is 5.35. The number of unbranched alkanes of at least 4 members (excludes halogenated alkanes) is 2. The van der Waals surface area contributed by atoms with Crippen LogP contribution in [0.1, 0.15) is 38.5 Å². The SMILES string of the molecule is NCCCCCC(N)(COCCCN)COCCCN. The summed E-state index contributed by atoms with van der Waals surface area (Å²) in [7, 11) is 0. The standard InChI is InChI=1S/C14H34N4O2/c15-7-3-1-2-6-14(18,12-19-10-4-8-16)13-20-11-5-9-17/h1-13,15-18H2. The summed E-state index contributed by atoms with van der Waals surface area (Å²) in [6.07, 6.45) is 5.79. The van der Waals surface area contributed by atoms with Gasteiger partial charge in [0.05, 0.1) is 18.8 Å². The fourth-order valence-electron chi connectivity index (χ4n) is 1.91. The van der Waals surface area contributed by atoms with Crippen molar-refractivity contribution in [3.05, 3.63) is 0 Å². The van der Waals surface area contributed by atoms with E-state index in [-0.39, 0.29) is 0 Å². The van der Waals surface area contributed by atoms with E-state index in [0.29, 0.717) is 39.5 Å². The van der Waals surface area contributed by atoms with Crippen molar-refractivity contribution in [2.45, 2.75) is 44.1 Å². The van der Waals surface area contributed by atoms with Crippen molar-refractivity contribution < 1.29 is 9.47 Å². The Balaban J connectivity index is 3.98. The number of nitrogens with two attached hydrogens (primary N) is 4. The lowest BCUT2D eigenvalue weighted by Gasteiger charge is -2.29. The van der Waals surface area contributed by atoms with Gasteiger partial charge in [0, 0.05) is 13.2 Å². The highest BCUT2D eigenvalue weighted by Crippen LogP contribution is 2.14. The molecule has 0 atom stereocenters. The van der Waals surface area contributed by atoms with Gasteiger partial charge < -0.3 is 32.4 Å². The maximum atomic E-state index is 6.40. The highest BCUT2D eigenvalue weighted by Gasteiger charge is 2.25. The van der Waals surface area contributed by atoms with Crippen LogP contribution in [0.5, 0.6) is 0 Å². The highest BCUT2D eigenvalue weighted by molar-refractivity contribution is 4.84. The predicted molar refractivity (Wildman–Crippen MR) is 83.4 cm³/mol. The zero-order valence-electron chi connectivity index (χ0n) is 12.8. The Morgan fingerprint density at radius 1 is 0.650 bits per heavy atom. The lowest BCUT2D eigenvalue weighted by molar-refractivity contribution is 0.0175. The van der Waals surface area contributed by atoms with Gasteiger partial charge in [-0.15, -0.1) is 0 Å². The summed E-state index contributed by atoms with van der Waals surface area (Å²) in [4.78, 5) is 0. The number of hydrogen-bond acceptors (Lipinski definition) is 6.